The number of nitrogens with two attached hydrogens (primary N) is 1. The largest absolute Gasteiger partial charge is 0.314 e. The molecule has 0 aromatic rings. The summed E-state index contributed by atoms with van der Waals surface area (Å²) in [6, 6.07) is 0. The molecule has 2 N–H and O–H groups in total. The summed E-state index contributed by atoms with van der Waals surface area (Å²) >= 11 is 6.23. The van der Waals surface area contributed by atoms with Gasteiger partial charge in [0.1, 0.15) is 0 Å². The molecule has 0 fully saturated rings. The SMILES string of the molecule is C=C(CC(CC)CC(F)(F)C(F)F)C(C)=NCCC(/C(=C\CC)N(C)N)=C(/C)Cl. The van der Waals surface area contributed by atoms with Crippen LogP contribution in [-0.4, -0.2) is 36.7 Å². The summed E-state index contributed by atoms with van der Waals surface area (Å²) in [6.07, 6.45) is -0.626. The molecule has 0 radical (unpaired) electrons. The van der Waals surface area contributed by atoms with Crippen molar-refractivity contribution < 1.29 is 17.6 Å². The normalized spacial score (nSPS) is 15.4. The molecule has 168 valence electrons. The zero-order valence-electron chi connectivity index (χ0n) is 18.0. The lowest BCUT2D eigenvalue weighted by molar-refractivity contribution is -0.140. The molecule has 1 atom stereocenters. The van der Waals surface area contributed by atoms with Crippen molar-refractivity contribution in [3.63, 3.8) is 0 Å². The summed E-state index contributed by atoms with van der Waals surface area (Å²) in [7, 11) is 1.73. The second-order valence-electron chi connectivity index (χ2n) is 7.19. The van der Waals surface area contributed by atoms with Crippen LogP contribution in [0.1, 0.15) is 59.8 Å². The maximum atomic E-state index is 13.4. The average molecular weight is 440 g/mol. The molecule has 0 aromatic heterocycles. The van der Waals surface area contributed by atoms with Crippen molar-refractivity contribution in [2.45, 2.75) is 72.1 Å². The number of allylic oxidation sites excluding steroid dienone is 4. The molecule has 0 bridgehead atoms. The van der Waals surface area contributed by atoms with E-state index in [4.69, 9.17) is 17.4 Å². The van der Waals surface area contributed by atoms with Gasteiger partial charge in [0.25, 0.3) is 0 Å². The number of hydrogen-bond donors (Lipinski definition) is 1. The van der Waals surface area contributed by atoms with Gasteiger partial charge in [-0.1, -0.05) is 44.5 Å². The molecule has 0 rings (SSSR count). The van der Waals surface area contributed by atoms with Crippen LogP contribution in [0.4, 0.5) is 17.6 Å². The third-order valence-electron chi connectivity index (χ3n) is 4.72. The fourth-order valence-corrected chi connectivity index (χ4v) is 3.12. The van der Waals surface area contributed by atoms with Crippen molar-refractivity contribution in [3.05, 3.63) is 34.5 Å². The monoisotopic (exact) mass is 439 g/mol. The van der Waals surface area contributed by atoms with Gasteiger partial charge in [0.2, 0.25) is 0 Å². The summed E-state index contributed by atoms with van der Waals surface area (Å²) in [5, 5.41) is 2.13. The maximum Gasteiger partial charge on any atom is 0.307 e. The number of nitrogens with zero attached hydrogens (tertiary/aromatic N) is 2. The highest BCUT2D eigenvalue weighted by Gasteiger charge is 2.42. The van der Waals surface area contributed by atoms with E-state index in [1.165, 1.54) is 5.01 Å². The highest BCUT2D eigenvalue weighted by Crippen LogP contribution is 2.34. The van der Waals surface area contributed by atoms with E-state index in [1.807, 2.05) is 13.0 Å². The van der Waals surface area contributed by atoms with E-state index in [-0.39, 0.29) is 6.42 Å². The Morgan fingerprint density at radius 3 is 2.28 bits per heavy atom. The first-order valence-electron chi connectivity index (χ1n) is 9.76. The number of likely N-dealkylation sites (N-methyl/N-ethyl adjacent to an activating group) is 1. The van der Waals surface area contributed by atoms with Gasteiger partial charge in [-0.2, -0.15) is 0 Å². The zero-order valence-corrected chi connectivity index (χ0v) is 18.8. The van der Waals surface area contributed by atoms with Gasteiger partial charge in [0, 0.05) is 30.8 Å². The fourth-order valence-electron chi connectivity index (χ4n) is 2.93. The minimum Gasteiger partial charge on any atom is -0.314 e. The summed E-state index contributed by atoms with van der Waals surface area (Å²) in [6.45, 7) is 11.6. The van der Waals surface area contributed by atoms with Crippen LogP contribution in [-0.2, 0) is 0 Å². The van der Waals surface area contributed by atoms with Crippen LogP contribution < -0.4 is 5.84 Å². The summed E-state index contributed by atoms with van der Waals surface area (Å²) in [5.41, 5.74) is 2.91. The molecule has 0 aliphatic heterocycles. The van der Waals surface area contributed by atoms with Crippen LogP contribution in [0.2, 0.25) is 0 Å². The van der Waals surface area contributed by atoms with Crippen molar-refractivity contribution in [1.82, 2.24) is 5.01 Å². The molecule has 0 aromatic carbocycles. The van der Waals surface area contributed by atoms with Crippen LogP contribution in [0.15, 0.2) is 39.5 Å². The highest BCUT2D eigenvalue weighted by molar-refractivity contribution is 6.29. The maximum absolute atomic E-state index is 13.4. The summed E-state index contributed by atoms with van der Waals surface area (Å²) in [5.74, 6) is 1.32. The Labute approximate surface area is 177 Å². The molecule has 29 heavy (non-hydrogen) atoms. The molecule has 3 nitrogen and oxygen atoms in total. The number of alkyl halides is 4. The first-order valence-corrected chi connectivity index (χ1v) is 10.1. The highest BCUT2D eigenvalue weighted by atomic mass is 35.5. The Morgan fingerprint density at radius 2 is 1.86 bits per heavy atom. The van der Waals surface area contributed by atoms with E-state index < -0.39 is 24.7 Å². The lowest BCUT2D eigenvalue weighted by Gasteiger charge is -2.22. The van der Waals surface area contributed by atoms with E-state index in [1.54, 1.807) is 27.8 Å². The van der Waals surface area contributed by atoms with E-state index in [2.05, 4.69) is 11.6 Å². The van der Waals surface area contributed by atoms with Gasteiger partial charge >= 0.3 is 12.3 Å². The van der Waals surface area contributed by atoms with Gasteiger partial charge in [-0.15, -0.1) is 0 Å². The Bertz CT molecular complexity index is 621. The Kier molecular flexibility index (Phi) is 12.5. The molecule has 8 heteroatoms. The van der Waals surface area contributed by atoms with Crippen LogP contribution in [0.25, 0.3) is 0 Å². The predicted octanol–water partition coefficient (Wildman–Crippen LogP) is 6.71. The second-order valence-corrected chi connectivity index (χ2v) is 7.75. The summed E-state index contributed by atoms with van der Waals surface area (Å²) in [4.78, 5) is 4.47. The molecule has 0 aliphatic carbocycles. The van der Waals surface area contributed by atoms with Crippen molar-refractivity contribution in [2.24, 2.45) is 16.8 Å². The average Bonchev–Trinajstić information content (AvgIpc) is 2.62. The lowest BCUT2D eigenvalue weighted by Crippen LogP contribution is -2.29. The van der Waals surface area contributed by atoms with Gasteiger partial charge in [0.15, 0.2) is 0 Å². The van der Waals surface area contributed by atoms with E-state index in [0.29, 0.717) is 35.7 Å². The molecular weight excluding hydrogens is 406 g/mol. The fraction of sp³-hybridized carbons (Fsp3) is 0.667. The number of halogens is 5. The Hall–Kier alpha value is -1.34. The van der Waals surface area contributed by atoms with E-state index >= 15 is 0 Å². The summed E-state index contributed by atoms with van der Waals surface area (Å²) < 4.78 is 51.6. The Balaban J connectivity index is 5.07. The molecule has 0 saturated carbocycles. The van der Waals surface area contributed by atoms with E-state index in [9.17, 15) is 17.6 Å². The van der Waals surface area contributed by atoms with Crippen LogP contribution in [0, 0.1) is 5.92 Å². The van der Waals surface area contributed by atoms with Crippen molar-refractivity contribution in [2.75, 3.05) is 13.6 Å². The number of rotatable bonds is 13. The van der Waals surface area contributed by atoms with E-state index in [0.717, 1.165) is 17.7 Å². The first-order chi connectivity index (χ1) is 13.4. The minimum atomic E-state index is -3.99. The van der Waals surface area contributed by atoms with Gasteiger partial charge in [-0.25, -0.2) is 23.4 Å². The number of aliphatic imine (C=N–C) groups is 1. The number of hydrazine groups is 1. The smallest absolute Gasteiger partial charge is 0.307 e. The third-order valence-corrected chi connectivity index (χ3v) is 4.95. The molecule has 0 aliphatic rings. The molecule has 1 unspecified atom stereocenters. The standard InChI is InChI=1S/C21H34ClF4N3/c1-7-9-19(29(6)27)18(15(4)22)10-11-28-16(5)14(3)12-17(8-2)13-21(25,26)20(23)24/h9,17,20H,3,7-8,10-13,27H2,1-2,4-6H3/b18-15+,19-9+,28-16?. The van der Waals surface area contributed by atoms with Crippen molar-refractivity contribution >= 4 is 17.3 Å². The van der Waals surface area contributed by atoms with Crippen molar-refractivity contribution in [1.29, 1.82) is 0 Å². The van der Waals surface area contributed by atoms with Crippen molar-refractivity contribution in [3.8, 4) is 0 Å². The van der Waals surface area contributed by atoms with Gasteiger partial charge in [0.05, 0.1) is 5.70 Å². The predicted molar refractivity (Wildman–Crippen MR) is 115 cm³/mol. The second kappa shape index (κ2) is 13.1. The quantitative estimate of drug-likeness (QED) is 0.114. The molecular formula is C21H34ClF4N3. The molecule has 0 saturated heterocycles. The van der Waals surface area contributed by atoms with Crippen LogP contribution in [0.3, 0.4) is 0 Å². The molecule has 0 amide bonds. The topological polar surface area (TPSA) is 41.6 Å². The zero-order chi connectivity index (χ0) is 22.8. The van der Waals surface area contributed by atoms with Gasteiger partial charge in [-0.05, 0) is 50.2 Å². The molecule has 0 spiro atoms. The third kappa shape index (κ3) is 9.81. The minimum absolute atomic E-state index is 0.206. The van der Waals surface area contributed by atoms with Crippen LogP contribution in [0.5, 0.6) is 0 Å². The lowest BCUT2D eigenvalue weighted by atomic mass is 9.90. The number of hydrogen-bond acceptors (Lipinski definition) is 3. The Morgan fingerprint density at radius 1 is 1.28 bits per heavy atom. The van der Waals surface area contributed by atoms with Crippen LogP contribution >= 0.6 is 11.6 Å². The molecule has 0 heterocycles. The first kappa shape index (κ1) is 27.7. The van der Waals surface area contributed by atoms with Gasteiger partial charge in [-0.3, -0.25) is 4.99 Å². The van der Waals surface area contributed by atoms with Gasteiger partial charge < -0.3 is 5.01 Å².